The Bertz CT molecular complexity index is 915. The fourth-order valence-corrected chi connectivity index (χ4v) is 4.17. The number of hydrogen-bond acceptors (Lipinski definition) is 5. The number of benzene rings is 2. The number of oxazole rings is 1. The van der Waals surface area contributed by atoms with Crippen LogP contribution in [0.1, 0.15) is 51.0 Å². The van der Waals surface area contributed by atoms with Crippen molar-refractivity contribution in [3.05, 3.63) is 42.3 Å². The van der Waals surface area contributed by atoms with Crippen LogP contribution in [0.5, 0.6) is 0 Å². The molecule has 0 bridgehead atoms. The Balaban J connectivity index is 1.61. The quantitative estimate of drug-likeness (QED) is 0.592. The van der Waals surface area contributed by atoms with E-state index in [1.54, 1.807) is 0 Å². The van der Waals surface area contributed by atoms with Gasteiger partial charge in [-0.25, -0.2) is 10.5 Å². The highest BCUT2D eigenvalue weighted by Gasteiger charge is 2.36. The summed E-state index contributed by atoms with van der Waals surface area (Å²) in [6.07, 6.45) is 4.55. The van der Waals surface area contributed by atoms with Crippen LogP contribution in [0, 0.1) is 5.92 Å². The second-order valence-corrected chi connectivity index (χ2v) is 7.61. The van der Waals surface area contributed by atoms with Crippen molar-refractivity contribution in [2.45, 2.75) is 45.1 Å². The fraction of sp³-hybridized carbons (Fsp3) is 0.455. The summed E-state index contributed by atoms with van der Waals surface area (Å²) in [5, 5.41) is 11.4. The largest absolute Gasteiger partial charge is 0.438 e. The first-order chi connectivity index (χ1) is 13.7. The predicted octanol–water partition coefficient (Wildman–Crippen LogP) is 4.43. The van der Waals surface area contributed by atoms with Crippen molar-refractivity contribution in [3.63, 3.8) is 0 Å². The van der Waals surface area contributed by atoms with E-state index < -0.39 is 0 Å². The van der Waals surface area contributed by atoms with Crippen LogP contribution >= 0.6 is 0 Å². The molecule has 0 saturated carbocycles. The second-order valence-electron chi connectivity index (χ2n) is 7.61. The first-order valence-corrected chi connectivity index (χ1v) is 10.2. The Hall–Kier alpha value is -2.44. The summed E-state index contributed by atoms with van der Waals surface area (Å²) >= 11 is 0. The number of nitrogens with one attached hydrogen (secondary N) is 1. The summed E-state index contributed by atoms with van der Waals surface area (Å²) in [4.78, 5) is 19.7. The molecule has 1 fully saturated rings. The molecule has 1 aliphatic heterocycles. The highest BCUT2D eigenvalue weighted by molar-refractivity contribution is 5.94. The number of unbranched alkanes of at least 4 members (excludes halogenated alkanes) is 1. The lowest BCUT2D eigenvalue weighted by molar-refractivity contribution is -0.137. The highest BCUT2D eigenvalue weighted by atomic mass is 16.5. The Morgan fingerprint density at radius 2 is 2.14 bits per heavy atom. The maximum absolute atomic E-state index is 13.1. The molecule has 4 rings (SSSR count). The number of nitrogens with zero attached hydrogens (tertiary/aromatic N) is 2. The van der Waals surface area contributed by atoms with Gasteiger partial charge < -0.3 is 14.5 Å². The van der Waals surface area contributed by atoms with Gasteiger partial charge in [0.1, 0.15) is 11.6 Å². The van der Waals surface area contributed by atoms with Gasteiger partial charge in [-0.05, 0) is 42.2 Å². The van der Waals surface area contributed by atoms with Gasteiger partial charge in [0.2, 0.25) is 11.8 Å². The van der Waals surface area contributed by atoms with E-state index in [2.05, 4.69) is 24.5 Å². The highest BCUT2D eigenvalue weighted by Crippen LogP contribution is 2.35. The van der Waals surface area contributed by atoms with Gasteiger partial charge >= 0.3 is 0 Å². The molecule has 2 atom stereocenters. The van der Waals surface area contributed by atoms with Gasteiger partial charge in [0.15, 0.2) is 5.58 Å². The number of fused-ring (bicyclic) bond motifs is 2. The Morgan fingerprint density at radius 3 is 2.89 bits per heavy atom. The van der Waals surface area contributed by atoms with Gasteiger partial charge in [-0.2, -0.15) is 0 Å². The van der Waals surface area contributed by atoms with Crippen molar-refractivity contribution < 1.29 is 14.4 Å². The van der Waals surface area contributed by atoms with Crippen LogP contribution < -0.4 is 5.48 Å². The summed E-state index contributed by atoms with van der Waals surface area (Å²) in [6, 6.07) is 12.1. The minimum atomic E-state index is -0.225. The van der Waals surface area contributed by atoms with E-state index in [1.807, 2.05) is 29.2 Å². The van der Waals surface area contributed by atoms with E-state index in [-0.39, 0.29) is 24.4 Å². The van der Waals surface area contributed by atoms with E-state index in [0.717, 1.165) is 54.0 Å². The molecule has 0 spiro atoms. The lowest BCUT2D eigenvalue weighted by atomic mass is 10.00. The number of rotatable bonds is 7. The standard InChI is InChI=1S/C22H27N3O3/c1-2-3-7-17(14-23-27)22(26)25-11-6-10-19(25)21-24-18-12-15-8-4-5-9-16(15)13-20(18)28-21/h4-5,8-9,12-13,17,19,23,27H,2-3,6-7,10-11,14H2,1H3/t17-,19+/m1/s1. The van der Waals surface area contributed by atoms with Gasteiger partial charge in [0.25, 0.3) is 0 Å². The SMILES string of the molecule is CCCC[C@H](CNO)C(=O)N1CCC[C@H]1c1nc2cc3ccccc3cc2o1. The molecular formula is C22H27N3O3. The van der Waals surface area contributed by atoms with Crippen LogP contribution in [0.25, 0.3) is 21.9 Å². The van der Waals surface area contributed by atoms with Crippen molar-refractivity contribution in [3.8, 4) is 0 Å². The van der Waals surface area contributed by atoms with Crippen molar-refractivity contribution in [1.82, 2.24) is 15.4 Å². The lowest BCUT2D eigenvalue weighted by Crippen LogP contribution is -2.39. The maximum atomic E-state index is 13.1. The average Bonchev–Trinajstić information content (AvgIpc) is 3.35. The molecular weight excluding hydrogens is 354 g/mol. The molecule has 1 saturated heterocycles. The Kier molecular flexibility index (Phi) is 5.59. The van der Waals surface area contributed by atoms with Crippen LogP contribution in [0.2, 0.25) is 0 Å². The number of aromatic nitrogens is 1. The van der Waals surface area contributed by atoms with Crippen LogP contribution in [0.15, 0.2) is 40.8 Å². The summed E-state index contributed by atoms with van der Waals surface area (Å²) < 4.78 is 6.09. The molecule has 6 heteroatoms. The summed E-state index contributed by atoms with van der Waals surface area (Å²) in [5.41, 5.74) is 3.77. The summed E-state index contributed by atoms with van der Waals surface area (Å²) in [7, 11) is 0. The van der Waals surface area contributed by atoms with Crippen LogP contribution in [-0.2, 0) is 4.79 Å². The Morgan fingerprint density at radius 1 is 1.36 bits per heavy atom. The first-order valence-electron chi connectivity index (χ1n) is 10.2. The molecule has 2 heterocycles. The van der Waals surface area contributed by atoms with Gasteiger partial charge in [-0.15, -0.1) is 0 Å². The molecule has 0 radical (unpaired) electrons. The minimum absolute atomic E-state index is 0.0740. The van der Waals surface area contributed by atoms with Gasteiger partial charge in [0, 0.05) is 13.1 Å². The zero-order valence-electron chi connectivity index (χ0n) is 16.2. The summed E-state index contributed by atoms with van der Waals surface area (Å²) in [6.45, 7) is 3.09. The van der Waals surface area contributed by atoms with E-state index in [1.165, 1.54) is 0 Å². The molecule has 3 aromatic rings. The molecule has 2 aromatic carbocycles. The second kappa shape index (κ2) is 8.29. The van der Waals surface area contributed by atoms with Gasteiger partial charge in [-0.1, -0.05) is 44.0 Å². The molecule has 1 aliphatic rings. The Labute approximate surface area is 164 Å². The zero-order chi connectivity index (χ0) is 19.5. The van der Waals surface area contributed by atoms with Gasteiger partial charge in [-0.3, -0.25) is 4.79 Å². The van der Waals surface area contributed by atoms with Crippen molar-refractivity contribution in [2.75, 3.05) is 13.1 Å². The molecule has 0 aliphatic carbocycles. The number of amides is 1. The fourth-order valence-electron chi connectivity index (χ4n) is 4.17. The molecule has 148 valence electrons. The number of hydrogen-bond donors (Lipinski definition) is 2. The average molecular weight is 381 g/mol. The molecule has 6 nitrogen and oxygen atoms in total. The molecule has 1 amide bonds. The smallest absolute Gasteiger partial charge is 0.227 e. The molecule has 0 unspecified atom stereocenters. The number of likely N-dealkylation sites (tertiary alicyclic amines) is 1. The van der Waals surface area contributed by atoms with Crippen molar-refractivity contribution in [2.24, 2.45) is 5.92 Å². The third kappa shape index (κ3) is 3.62. The number of hydroxylamine groups is 1. The zero-order valence-corrected chi connectivity index (χ0v) is 16.2. The van der Waals surface area contributed by atoms with Crippen molar-refractivity contribution >= 4 is 27.8 Å². The minimum Gasteiger partial charge on any atom is -0.438 e. The van der Waals surface area contributed by atoms with Crippen molar-refractivity contribution in [1.29, 1.82) is 0 Å². The lowest BCUT2D eigenvalue weighted by Gasteiger charge is -2.27. The maximum Gasteiger partial charge on any atom is 0.227 e. The van der Waals surface area contributed by atoms with E-state index in [0.29, 0.717) is 12.4 Å². The topological polar surface area (TPSA) is 78.6 Å². The molecule has 2 N–H and O–H groups in total. The van der Waals surface area contributed by atoms with E-state index in [9.17, 15) is 4.79 Å². The number of carbonyl (C=O) groups excluding carboxylic acids is 1. The van der Waals surface area contributed by atoms with Crippen LogP contribution in [0.3, 0.4) is 0 Å². The third-order valence-electron chi connectivity index (χ3n) is 5.69. The third-order valence-corrected chi connectivity index (χ3v) is 5.69. The monoisotopic (exact) mass is 381 g/mol. The molecule has 1 aromatic heterocycles. The number of carbonyl (C=O) groups is 1. The molecule has 28 heavy (non-hydrogen) atoms. The van der Waals surface area contributed by atoms with Crippen LogP contribution in [0.4, 0.5) is 0 Å². The van der Waals surface area contributed by atoms with Gasteiger partial charge in [0.05, 0.1) is 5.92 Å². The first kappa shape index (κ1) is 18.9. The van der Waals surface area contributed by atoms with E-state index >= 15 is 0 Å². The van der Waals surface area contributed by atoms with E-state index in [4.69, 9.17) is 14.6 Å². The predicted molar refractivity (Wildman–Crippen MR) is 108 cm³/mol. The summed E-state index contributed by atoms with van der Waals surface area (Å²) in [5.74, 6) is 0.463. The van der Waals surface area contributed by atoms with Crippen LogP contribution in [-0.4, -0.2) is 34.1 Å². The normalized spacial score (nSPS) is 18.2.